The fourth-order valence-corrected chi connectivity index (χ4v) is 2.09. The lowest BCUT2D eigenvalue weighted by molar-refractivity contribution is 0.401. The van der Waals surface area contributed by atoms with Gasteiger partial charge in [0.1, 0.15) is 11.5 Å². The summed E-state index contributed by atoms with van der Waals surface area (Å²) in [5.74, 6) is 0.898. The standard InChI is InChI=1S/C16H20N2O2/c1-20-16-8-15(19)6-5-14(16)11-18-10-13-4-2-3-12(7-13)9-17/h2-8,18-19H,9-11,17H2,1H3. The summed E-state index contributed by atoms with van der Waals surface area (Å²) in [6.07, 6.45) is 0. The Morgan fingerprint density at radius 3 is 2.65 bits per heavy atom. The molecule has 0 aliphatic rings. The average Bonchev–Trinajstić information content (AvgIpc) is 2.49. The number of rotatable bonds is 6. The Morgan fingerprint density at radius 1 is 1.10 bits per heavy atom. The Balaban J connectivity index is 1.95. The molecule has 4 nitrogen and oxygen atoms in total. The van der Waals surface area contributed by atoms with Gasteiger partial charge in [-0.05, 0) is 17.2 Å². The number of ether oxygens (including phenoxy) is 1. The van der Waals surface area contributed by atoms with Gasteiger partial charge in [0.25, 0.3) is 0 Å². The minimum Gasteiger partial charge on any atom is -0.508 e. The van der Waals surface area contributed by atoms with Gasteiger partial charge < -0.3 is 20.9 Å². The highest BCUT2D eigenvalue weighted by Gasteiger charge is 2.04. The van der Waals surface area contributed by atoms with Gasteiger partial charge in [0.2, 0.25) is 0 Å². The van der Waals surface area contributed by atoms with Crippen LogP contribution in [0.1, 0.15) is 16.7 Å². The molecule has 0 unspecified atom stereocenters. The van der Waals surface area contributed by atoms with Gasteiger partial charge in [0, 0.05) is 31.3 Å². The SMILES string of the molecule is COc1cc(O)ccc1CNCc1cccc(CN)c1. The van der Waals surface area contributed by atoms with Crippen molar-refractivity contribution in [2.75, 3.05) is 7.11 Å². The van der Waals surface area contributed by atoms with E-state index in [1.807, 2.05) is 18.2 Å². The van der Waals surface area contributed by atoms with Crippen LogP contribution in [0.2, 0.25) is 0 Å². The summed E-state index contributed by atoms with van der Waals surface area (Å²) in [6, 6.07) is 13.3. The molecule has 4 N–H and O–H groups in total. The molecule has 0 spiro atoms. The Labute approximate surface area is 119 Å². The first-order valence-electron chi connectivity index (χ1n) is 6.57. The quantitative estimate of drug-likeness (QED) is 0.753. The van der Waals surface area contributed by atoms with Crippen LogP contribution in [0, 0.1) is 0 Å². The van der Waals surface area contributed by atoms with Crippen molar-refractivity contribution in [3.05, 3.63) is 59.2 Å². The highest BCUT2D eigenvalue weighted by molar-refractivity contribution is 5.40. The molecule has 0 amide bonds. The van der Waals surface area contributed by atoms with Gasteiger partial charge >= 0.3 is 0 Å². The van der Waals surface area contributed by atoms with Crippen LogP contribution < -0.4 is 15.8 Å². The van der Waals surface area contributed by atoms with Gasteiger partial charge in [-0.25, -0.2) is 0 Å². The zero-order chi connectivity index (χ0) is 14.4. The predicted molar refractivity (Wildman–Crippen MR) is 79.5 cm³/mol. The molecule has 0 fully saturated rings. The number of hydrogen-bond acceptors (Lipinski definition) is 4. The minimum atomic E-state index is 0.209. The number of phenols is 1. The molecule has 106 valence electrons. The van der Waals surface area contributed by atoms with Crippen molar-refractivity contribution in [2.45, 2.75) is 19.6 Å². The van der Waals surface area contributed by atoms with E-state index in [-0.39, 0.29) is 5.75 Å². The van der Waals surface area contributed by atoms with Crippen LogP contribution in [-0.4, -0.2) is 12.2 Å². The van der Waals surface area contributed by atoms with Crippen molar-refractivity contribution >= 4 is 0 Å². The van der Waals surface area contributed by atoms with Crippen LogP contribution in [0.5, 0.6) is 11.5 Å². The van der Waals surface area contributed by atoms with E-state index in [0.29, 0.717) is 18.8 Å². The highest BCUT2D eigenvalue weighted by Crippen LogP contribution is 2.23. The summed E-state index contributed by atoms with van der Waals surface area (Å²) < 4.78 is 5.25. The fraction of sp³-hybridized carbons (Fsp3) is 0.250. The third-order valence-corrected chi connectivity index (χ3v) is 3.14. The molecular formula is C16H20N2O2. The predicted octanol–water partition coefficient (Wildman–Crippen LogP) is 2.15. The monoisotopic (exact) mass is 272 g/mol. The van der Waals surface area contributed by atoms with Crippen LogP contribution in [0.25, 0.3) is 0 Å². The molecule has 0 aliphatic carbocycles. The normalized spacial score (nSPS) is 10.5. The second-order valence-corrected chi connectivity index (χ2v) is 4.62. The molecule has 4 heteroatoms. The van der Waals surface area contributed by atoms with E-state index in [1.165, 1.54) is 5.56 Å². The summed E-state index contributed by atoms with van der Waals surface area (Å²) in [4.78, 5) is 0. The molecule has 0 aliphatic heterocycles. The van der Waals surface area contributed by atoms with Crippen LogP contribution in [0.4, 0.5) is 0 Å². The zero-order valence-corrected chi connectivity index (χ0v) is 11.6. The van der Waals surface area contributed by atoms with Crippen molar-refractivity contribution in [1.29, 1.82) is 0 Å². The number of phenolic OH excluding ortho intramolecular Hbond substituents is 1. The molecule has 0 heterocycles. The van der Waals surface area contributed by atoms with Gasteiger partial charge in [0.05, 0.1) is 7.11 Å². The summed E-state index contributed by atoms with van der Waals surface area (Å²) in [7, 11) is 1.60. The van der Waals surface area contributed by atoms with Crippen molar-refractivity contribution in [3.8, 4) is 11.5 Å². The Bertz CT molecular complexity index is 570. The smallest absolute Gasteiger partial charge is 0.127 e. The number of nitrogens with two attached hydrogens (primary N) is 1. The average molecular weight is 272 g/mol. The van der Waals surface area contributed by atoms with E-state index < -0.39 is 0 Å². The third kappa shape index (κ3) is 3.73. The Kier molecular flexibility index (Phi) is 4.98. The zero-order valence-electron chi connectivity index (χ0n) is 11.6. The van der Waals surface area contributed by atoms with E-state index in [2.05, 4.69) is 17.4 Å². The van der Waals surface area contributed by atoms with Crippen LogP contribution in [0.3, 0.4) is 0 Å². The molecule has 20 heavy (non-hydrogen) atoms. The third-order valence-electron chi connectivity index (χ3n) is 3.14. The molecule has 0 saturated carbocycles. The van der Waals surface area contributed by atoms with E-state index in [1.54, 1.807) is 19.2 Å². The second-order valence-electron chi connectivity index (χ2n) is 4.62. The molecule has 2 rings (SSSR count). The summed E-state index contributed by atoms with van der Waals surface area (Å²) >= 11 is 0. The van der Waals surface area contributed by atoms with Crippen LogP contribution >= 0.6 is 0 Å². The van der Waals surface area contributed by atoms with E-state index in [0.717, 1.165) is 17.7 Å². The van der Waals surface area contributed by atoms with Crippen molar-refractivity contribution < 1.29 is 9.84 Å². The van der Waals surface area contributed by atoms with Gasteiger partial charge in [-0.3, -0.25) is 0 Å². The lowest BCUT2D eigenvalue weighted by atomic mass is 10.1. The van der Waals surface area contributed by atoms with E-state index in [9.17, 15) is 5.11 Å². The second kappa shape index (κ2) is 6.93. The molecular weight excluding hydrogens is 252 g/mol. The molecule has 0 aromatic heterocycles. The van der Waals surface area contributed by atoms with Gasteiger partial charge in [-0.1, -0.05) is 30.3 Å². The van der Waals surface area contributed by atoms with E-state index >= 15 is 0 Å². The molecule has 0 radical (unpaired) electrons. The van der Waals surface area contributed by atoms with Gasteiger partial charge in [0.15, 0.2) is 0 Å². The minimum absolute atomic E-state index is 0.209. The number of aromatic hydroxyl groups is 1. The molecule has 0 bridgehead atoms. The van der Waals surface area contributed by atoms with Crippen molar-refractivity contribution in [2.24, 2.45) is 5.73 Å². The number of benzene rings is 2. The van der Waals surface area contributed by atoms with Gasteiger partial charge in [-0.15, -0.1) is 0 Å². The van der Waals surface area contributed by atoms with E-state index in [4.69, 9.17) is 10.5 Å². The first-order chi connectivity index (χ1) is 9.72. The number of nitrogens with one attached hydrogen (secondary N) is 1. The van der Waals surface area contributed by atoms with Crippen molar-refractivity contribution in [1.82, 2.24) is 5.32 Å². The number of hydrogen-bond donors (Lipinski definition) is 3. The molecule has 0 saturated heterocycles. The number of methoxy groups -OCH3 is 1. The lowest BCUT2D eigenvalue weighted by Gasteiger charge is -2.10. The lowest BCUT2D eigenvalue weighted by Crippen LogP contribution is -2.13. The molecule has 0 atom stereocenters. The maximum Gasteiger partial charge on any atom is 0.127 e. The summed E-state index contributed by atoms with van der Waals surface area (Å²) in [6.45, 7) is 1.99. The maximum atomic E-state index is 9.42. The highest BCUT2D eigenvalue weighted by atomic mass is 16.5. The largest absolute Gasteiger partial charge is 0.508 e. The Hall–Kier alpha value is -2.04. The molecule has 2 aromatic carbocycles. The first kappa shape index (κ1) is 14.4. The topological polar surface area (TPSA) is 67.5 Å². The Morgan fingerprint density at radius 2 is 1.90 bits per heavy atom. The fourth-order valence-electron chi connectivity index (χ4n) is 2.09. The maximum absolute atomic E-state index is 9.42. The summed E-state index contributed by atoms with van der Waals surface area (Å²) in [5.41, 5.74) is 8.97. The van der Waals surface area contributed by atoms with Gasteiger partial charge in [-0.2, -0.15) is 0 Å². The van der Waals surface area contributed by atoms with Crippen LogP contribution in [-0.2, 0) is 19.6 Å². The van der Waals surface area contributed by atoms with Crippen molar-refractivity contribution in [3.63, 3.8) is 0 Å². The van der Waals surface area contributed by atoms with Crippen LogP contribution in [0.15, 0.2) is 42.5 Å². The first-order valence-corrected chi connectivity index (χ1v) is 6.57. The molecule has 2 aromatic rings. The summed E-state index contributed by atoms with van der Waals surface area (Å²) in [5, 5.41) is 12.8.